The van der Waals surface area contributed by atoms with Gasteiger partial charge in [-0.3, -0.25) is 19.2 Å². The third kappa shape index (κ3) is 7.01. The van der Waals surface area contributed by atoms with Gasteiger partial charge >= 0.3 is 11.9 Å². The number of carbonyl (C=O) groups excluding carboxylic acids is 4. The van der Waals surface area contributed by atoms with Crippen molar-refractivity contribution in [3.05, 3.63) is 47.1 Å². The Hall–Kier alpha value is -3.46. The summed E-state index contributed by atoms with van der Waals surface area (Å²) in [4.78, 5) is 48.0. The highest BCUT2D eigenvalue weighted by Crippen LogP contribution is 2.41. The van der Waals surface area contributed by atoms with Gasteiger partial charge < -0.3 is 24.4 Å². The number of ketones is 2. The maximum Gasteiger partial charge on any atom is 0.306 e. The van der Waals surface area contributed by atoms with Gasteiger partial charge in [0.15, 0.2) is 11.6 Å². The normalized spacial score (nSPS) is 14.2. The van der Waals surface area contributed by atoms with Gasteiger partial charge in [0.05, 0.1) is 30.4 Å². The van der Waals surface area contributed by atoms with E-state index >= 15 is 0 Å². The predicted molar refractivity (Wildman–Crippen MR) is 117 cm³/mol. The molecule has 1 aromatic carbocycles. The SMILES string of the molecule is COc1cc(C(/C=C/C(C)(C)O)OC(=O)CCCCOC(C)=O)c(O)c2c1C(=O)C=CC2=O. The molecule has 178 valence electrons. The van der Waals surface area contributed by atoms with Gasteiger partial charge in [-0.1, -0.05) is 6.08 Å². The Balaban J connectivity index is 2.36. The number of aliphatic hydroxyl groups is 1. The van der Waals surface area contributed by atoms with Gasteiger partial charge in [0.1, 0.15) is 17.6 Å². The van der Waals surface area contributed by atoms with Crippen molar-refractivity contribution in [3.63, 3.8) is 0 Å². The third-order valence-corrected chi connectivity index (χ3v) is 4.72. The zero-order valence-corrected chi connectivity index (χ0v) is 19.0. The van der Waals surface area contributed by atoms with E-state index in [-0.39, 0.29) is 35.5 Å². The van der Waals surface area contributed by atoms with Crippen LogP contribution in [0.2, 0.25) is 0 Å². The summed E-state index contributed by atoms with van der Waals surface area (Å²) < 4.78 is 15.6. The van der Waals surface area contributed by atoms with Crippen LogP contribution in [0.15, 0.2) is 30.4 Å². The summed E-state index contributed by atoms with van der Waals surface area (Å²) >= 11 is 0. The average molecular weight is 460 g/mol. The lowest BCUT2D eigenvalue weighted by Crippen LogP contribution is -2.18. The Kier molecular flexibility index (Phi) is 8.53. The van der Waals surface area contributed by atoms with Crippen molar-refractivity contribution in [3.8, 4) is 11.5 Å². The number of unbranched alkanes of at least 4 members (excludes halogenated alkanes) is 1. The lowest BCUT2D eigenvalue weighted by molar-refractivity contribution is -0.147. The molecular weight excluding hydrogens is 432 g/mol. The minimum atomic E-state index is -1.25. The third-order valence-electron chi connectivity index (χ3n) is 4.72. The first-order valence-corrected chi connectivity index (χ1v) is 10.4. The van der Waals surface area contributed by atoms with E-state index in [0.29, 0.717) is 12.8 Å². The number of hydrogen-bond acceptors (Lipinski definition) is 9. The molecule has 9 nitrogen and oxygen atoms in total. The number of benzene rings is 1. The quantitative estimate of drug-likeness (QED) is 0.307. The fraction of sp³-hybridized carbons (Fsp3) is 0.417. The van der Waals surface area contributed by atoms with Crippen LogP contribution in [0.25, 0.3) is 0 Å². The van der Waals surface area contributed by atoms with E-state index in [1.54, 1.807) is 0 Å². The van der Waals surface area contributed by atoms with Crippen molar-refractivity contribution in [2.24, 2.45) is 0 Å². The molecule has 0 amide bonds. The molecule has 1 aliphatic rings. The van der Waals surface area contributed by atoms with Gasteiger partial charge in [0.2, 0.25) is 0 Å². The van der Waals surface area contributed by atoms with Crippen LogP contribution in [0.5, 0.6) is 11.5 Å². The number of methoxy groups -OCH3 is 1. The van der Waals surface area contributed by atoms with E-state index in [1.807, 2.05) is 0 Å². The van der Waals surface area contributed by atoms with E-state index in [2.05, 4.69) is 0 Å². The molecule has 0 spiro atoms. The number of esters is 2. The fourth-order valence-electron chi connectivity index (χ4n) is 3.17. The Morgan fingerprint density at radius 2 is 1.76 bits per heavy atom. The molecule has 33 heavy (non-hydrogen) atoms. The Labute approximate surface area is 191 Å². The molecule has 1 unspecified atom stereocenters. The zero-order chi connectivity index (χ0) is 24.8. The van der Waals surface area contributed by atoms with Crippen LogP contribution >= 0.6 is 0 Å². The van der Waals surface area contributed by atoms with Crippen LogP contribution in [-0.2, 0) is 19.1 Å². The van der Waals surface area contributed by atoms with Crippen LogP contribution in [0.1, 0.15) is 72.4 Å². The maximum atomic E-state index is 12.4. The van der Waals surface area contributed by atoms with Gasteiger partial charge in [-0.2, -0.15) is 0 Å². The molecule has 9 heteroatoms. The van der Waals surface area contributed by atoms with Crippen LogP contribution in [-0.4, -0.2) is 53.0 Å². The van der Waals surface area contributed by atoms with Gasteiger partial charge in [0, 0.05) is 18.9 Å². The molecule has 0 saturated heterocycles. The zero-order valence-electron chi connectivity index (χ0n) is 19.0. The molecule has 1 aliphatic carbocycles. The molecule has 0 heterocycles. The molecule has 0 aliphatic heterocycles. The largest absolute Gasteiger partial charge is 0.507 e. The molecule has 0 bridgehead atoms. The lowest BCUT2D eigenvalue weighted by atomic mass is 9.89. The number of phenols is 1. The smallest absolute Gasteiger partial charge is 0.306 e. The van der Waals surface area contributed by atoms with E-state index in [9.17, 15) is 29.4 Å². The van der Waals surface area contributed by atoms with Crippen molar-refractivity contribution in [1.29, 1.82) is 0 Å². The summed E-state index contributed by atoms with van der Waals surface area (Å²) in [5.41, 5.74) is -1.54. The van der Waals surface area contributed by atoms with E-state index in [0.717, 1.165) is 12.2 Å². The molecule has 1 atom stereocenters. The summed E-state index contributed by atoms with van der Waals surface area (Å²) in [5.74, 6) is -2.59. The summed E-state index contributed by atoms with van der Waals surface area (Å²) in [6, 6.07) is 1.33. The highest BCUT2D eigenvalue weighted by Gasteiger charge is 2.32. The second kappa shape index (κ2) is 10.9. The highest BCUT2D eigenvalue weighted by atomic mass is 16.5. The molecule has 2 N–H and O–H groups in total. The van der Waals surface area contributed by atoms with Crippen molar-refractivity contribution in [2.75, 3.05) is 13.7 Å². The molecule has 0 saturated carbocycles. The molecular formula is C24H28O9. The summed E-state index contributed by atoms with van der Waals surface area (Å²) in [6.45, 7) is 4.49. The van der Waals surface area contributed by atoms with E-state index < -0.39 is 41.0 Å². The van der Waals surface area contributed by atoms with Gasteiger partial charge in [0.25, 0.3) is 0 Å². The first-order chi connectivity index (χ1) is 15.4. The topological polar surface area (TPSA) is 136 Å². The lowest BCUT2D eigenvalue weighted by Gasteiger charge is -2.22. The van der Waals surface area contributed by atoms with Crippen LogP contribution in [0, 0.1) is 0 Å². The minimum absolute atomic E-state index is 0.0110. The number of allylic oxidation sites excluding steroid dienone is 2. The predicted octanol–water partition coefficient (Wildman–Crippen LogP) is 2.98. The summed E-state index contributed by atoms with van der Waals surface area (Å²) in [7, 11) is 1.31. The van der Waals surface area contributed by atoms with E-state index in [1.165, 1.54) is 46.1 Å². The second-order valence-electron chi connectivity index (χ2n) is 8.05. The van der Waals surface area contributed by atoms with Crippen molar-refractivity contribution < 1.29 is 43.6 Å². The number of fused-ring (bicyclic) bond motifs is 1. The Bertz CT molecular complexity index is 996. The molecule has 0 radical (unpaired) electrons. The summed E-state index contributed by atoms with van der Waals surface area (Å²) in [5, 5.41) is 20.9. The van der Waals surface area contributed by atoms with Gasteiger partial charge in [-0.25, -0.2) is 0 Å². The van der Waals surface area contributed by atoms with Crippen LogP contribution < -0.4 is 4.74 Å². The van der Waals surface area contributed by atoms with Crippen molar-refractivity contribution in [2.45, 2.75) is 51.7 Å². The first-order valence-electron chi connectivity index (χ1n) is 10.4. The number of ether oxygens (including phenoxy) is 3. The molecule has 0 aromatic heterocycles. The Morgan fingerprint density at radius 3 is 2.33 bits per heavy atom. The maximum absolute atomic E-state index is 12.4. The highest BCUT2D eigenvalue weighted by molar-refractivity contribution is 6.24. The van der Waals surface area contributed by atoms with Crippen molar-refractivity contribution >= 4 is 23.5 Å². The number of rotatable bonds is 10. The Morgan fingerprint density at radius 1 is 1.12 bits per heavy atom. The standard InChI is InChI=1S/C24H28O9/c1-14(25)32-12-6-5-7-20(28)33-18(10-11-24(2,3)30)15-13-19(31-4)21-16(26)8-9-17(27)22(21)23(15)29/h8-11,13,18,29-30H,5-7,12H2,1-4H3/b11-10+. The molecule has 0 fully saturated rings. The monoisotopic (exact) mass is 460 g/mol. The average Bonchev–Trinajstić information content (AvgIpc) is 2.72. The van der Waals surface area contributed by atoms with Gasteiger partial charge in [-0.05, 0) is 51.0 Å². The second-order valence-corrected chi connectivity index (χ2v) is 8.05. The molecule has 2 rings (SSSR count). The van der Waals surface area contributed by atoms with Crippen LogP contribution in [0.4, 0.5) is 0 Å². The van der Waals surface area contributed by atoms with E-state index in [4.69, 9.17) is 14.2 Å². The summed E-state index contributed by atoms with van der Waals surface area (Å²) in [6.07, 6.45) is 4.58. The number of phenolic OH excluding ortho intramolecular Hbond substituents is 1. The fourth-order valence-corrected chi connectivity index (χ4v) is 3.17. The number of hydrogen-bond donors (Lipinski definition) is 2. The van der Waals surface area contributed by atoms with Gasteiger partial charge in [-0.15, -0.1) is 0 Å². The first kappa shape index (κ1) is 25.8. The van der Waals surface area contributed by atoms with Crippen molar-refractivity contribution in [1.82, 2.24) is 0 Å². The number of aromatic hydroxyl groups is 1. The number of carbonyl (C=O) groups is 4. The molecule has 1 aromatic rings. The van der Waals surface area contributed by atoms with Crippen LogP contribution in [0.3, 0.4) is 0 Å². The minimum Gasteiger partial charge on any atom is -0.507 e.